The highest BCUT2D eigenvalue weighted by atomic mass is 16.5. The number of rotatable bonds is 5. The van der Waals surface area contributed by atoms with Crippen molar-refractivity contribution in [2.24, 2.45) is 0 Å². The Morgan fingerprint density at radius 2 is 2.20 bits per heavy atom. The highest BCUT2D eigenvalue weighted by molar-refractivity contribution is 5.94. The first-order valence-electron chi connectivity index (χ1n) is 7.25. The Balaban J connectivity index is 1.97. The molecule has 1 aliphatic heterocycles. The second-order valence-corrected chi connectivity index (χ2v) is 5.51. The van der Waals surface area contributed by atoms with Gasteiger partial charge in [-0.1, -0.05) is 6.07 Å². The summed E-state index contributed by atoms with van der Waals surface area (Å²) in [5.41, 5.74) is 0.619. The van der Waals surface area contributed by atoms with Crippen molar-refractivity contribution in [3.63, 3.8) is 0 Å². The van der Waals surface area contributed by atoms with Crippen LogP contribution in [0.15, 0.2) is 24.3 Å². The zero-order valence-electron chi connectivity index (χ0n) is 12.4. The molecule has 1 amide bonds. The zero-order chi connectivity index (χ0) is 14.5. The summed E-state index contributed by atoms with van der Waals surface area (Å²) in [7, 11) is 0. The average molecular weight is 277 g/mol. The Labute approximate surface area is 120 Å². The predicted octanol–water partition coefficient (Wildman–Crippen LogP) is 2.77. The summed E-state index contributed by atoms with van der Waals surface area (Å²) in [6, 6.07) is 7.30. The van der Waals surface area contributed by atoms with Crippen LogP contribution in [0.3, 0.4) is 0 Å². The fourth-order valence-electron chi connectivity index (χ4n) is 2.36. The van der Waals surface area contributed by atoms with Gasteiger partial charge in [-0.15, -0.1) is 0 Å². The molecule has 4 nitrogen and oxygen atoms in total. The van der Waals surface area contributed by atoms with E-state index in [2.05, 4.69) is 5.32 Å². The molecule has 1 fully saturated rings. The van der Waals surface area contributed by atoms with E-state index in [1.165, 1.54) is 0 Å². The molecule has 0 aliphatic carbocycles. The summed E-state index contributed by atoms with van der Waals surface area (Å²) in [6.07, 6.45) is 2.31. The van der Waals surface area contributed by atoms with Crippen molar-refractivity contribution in [1.29, 1.82) is 0 Å². The molecule has 2 rings (SSSR count). The van der Waals surface area contributed by atoms with Crippen molar-refractivity contribution in [2.75, 3.05) is 6.61 Å². The molecule has 1 aliphatic rings. The summed E-state index contributed by atoms with van der Waals surface area (Å²) >= 11 is 0. The van der Waals surface area contributed by atoms with Gasteiger partial charge in [-0.3, -0.25) is 4.79 Å². The van der Waals surface area contributed by atoms with Crippen LogP contribution in [-0.2, 0) is 4.74 Å². The normalized spacial score (nSPS) is 19.9. The smallest absolute Gasteiger partial charge is 0.251 e. The van der Waals surface area contributed by atoms with Gasteiger partial charge >= 0.3 is 0 Å². The van der Waals surface area contributed by atoms with Crippen molar-refractivity contribution >= 4 is 5.91 Å². The number of carbonyl (C=O) groups is 1. The number of carbonyl (C=O) groups excluding carboxylic acids is 1. The molecule has 20 heavy (non-hydrogen) atoms. The third-order valence-corrected chi connectivity index (χ3v) is 3.35. The summed E-state index contributed by atoms with van der Waals surface area (Å²) in [5.74, 6) is 0.639. The molecule has 0 spiro atoms. The van der Waals surface area contributed by atoms with Crippen LogP contribution in [-0.4, -0.2) is 30.8 Å². The van der Waals surface area contributed by atoms with E-state index < -0.39 is 0 Å². The number of benzene rings is 1. The number of nitrogens with one attached hydrogen (secondary N) is 1. The van der Waals surface area contributed by atoms with E-state index in [0.29, 0.717) is 5.56 Å². The van der Waals surface area contributed by atoms with Crippen molar-refractivity contribution < 1.29 is 14.3 Å². The Hall–Kier alpha value is -1.55. The van der Waals surface area contributed by atoms with E-state index >= 15 is 0 Å². The molecule has 0 unspecified atom stereocenters. The van der Waals surface area contributed by atoms with Gasteiger partial charge in [0.25, 0.3) is 5.91 Å². The van der Waals surface area contributed by atoms with E-state index in [-0.39, 0.29) is 24.2 Å². The fraction of sp³-hybridized carbons (Fsp3) is 0.562. The topological polar surface area (TPSA) is 47.6 Å². The number of amides is 1. The molecule has 0 radical (unpaired) electrons. The van der Waals surface area contributed by atoms with Crippen LogP contribution in [0, 0.1) is 0 Å². The van der Waals surface area contributed by atoms with Gasteiger partial charge in [0.1, 0.15) is 5.75 Å². The molecular weight excluding hydrogens is 254 g/mol. The first kappa shape index (κ1) is 14.9. The Morgan fingerprint density at radius 1 is 1.40 bits per heavy atom. The van der Waals surface area contributed by atoms with E-state index in [1.807, 2.05) is 32.9 Å². The molecule has 0 aromatic heterocycles. The molecule has 4 heteroatoms. The van der Waals surface area contributed by atoms with Crippen LogP contribution in [0.25, 0.3) is 0 Å². The first-order chi connectivity index (χ1) is 9.56. The lowest BCUT2D eigenvalue weighted by Crippen LogP contribution is -2.40. The molecule has 2 atom stereocenters. The molecule has 110 valence electrons. The van der Waals surface area contributed by atoms with Gasteiger partial charge in [-0.25, -0.2) is 0 Å². The van der Waals surface area contributed by atoms with E-state index in [4.69, 9.17) is 9.47 Å². The number of ether oxygens (including phenoxy) is 2. The van der Waals surface area contributed by atoms with Crippen molar-refractivity contribution in [3.8, 4) is 5.75 Å². The van der Waals surface area contributed by atoms with Crippen LogP contribution in [0.2, 0.25) is 0 Å². The number of hydrogen-bond donors (Lipinski definition) is 1. The molecule has 1 saturated heterocycles. The fourth-order valence-corrected chi connectivity index (χ4v) is 2.36. The molecule has 0 saturated carbocycles. The molecule has 1 heterocycles. The summed E-state index contributed by atoms with van der Waals surface area (Å²) in [5, 5.41) is 3.00. The minimum atomic E-state index is -0.0813. The minimum absolute atomic E-state index is 0.0275. The van der Waals surface area contributed by atoms with Gasteiger partial charge in [-0.2, -0.15) is 0 Å². The lowest BCUT2D eigenvalue weighted by Gasteiger charge is -2.20. The number of hydrogen-bond acceptors (Lipinski definition) is 3. The van der Waals surface area contributed by atoms with Crippen LogP contribution in [0.5, 0.6) is 5.75 Å². The third kappa shape index (κ3) is 3.97. The van der Waals surface area contributed by atoms with Gasteiger partial charge < -0.3 is 14.8 Å². The third-order valence-electron chi connectivity index (χ3n) is 3.35. The largest absolute Gasteiger partial charge is 0.491 e. The average Bonchev–Trinajstić information content (AvgIpc) is 2.92. The minimum Gasteiger partial charge on any atom is -0.491 e. The predicted molar refractivity (Wildman–Crippen MR) is 78.1 cm³/mol. The molecule has 1 aromatic carbocycles. The lowest BCUT2D eigenvalue weighted by atomic mass is 10.1. The van der Waals surface area contributed by atoms with Crippen molar-refractivity contribution in [2.45, 2.75) is 51.9 Å². The summed E-state index contributed by atoms with van der Waals surface area (Å²) in [4.78, 5) is 12.2. The van der Waals surface area contributed by atoms with Gasteiger partial charge in [0.2, 0.25) is 0 Å². The maximum atomic E-state index is 12.2. The Bertz CT molecular complexity index is 453. The molecule has 1 N–H and O–H groups in total. The molecule has 0 bridgehead atoms. The second-order valence-electron chi connectivity index (χ2n) is 5.51. The second kappa shape index (κ2) is 6.75. The van der Waals surface area contributed by atoms with Gasteiger partial charge in [-0.05, 0) is 51.8 Å². The molecular formula is C16H23NO3. The van der Waals surface area contributed by atoms with Crippen LogP contribution < -0.4 is 10.1 Å². The monoisotopic (exact) mass is 277 g/mol. The van der Waals surface area contributed by atoms with E-state index in [9.17, 15) is 4.79 Å². The zero-order valence-corrected chi connectivity index (χ0v) is 12.4. The quantitative estimate of drug-likeness (QED) is 0.900. The highest BCUT2D eigenvalue weighted by Crippen LogP contribution is 2.17. The van der Waals surface area contributed by atoms with Crippen LogP contribution in [0.1, 0.15) is 44.0 Å². The maximum absolute atomic E-state index is 12.2. The SMILES string of the molecule is CC(C)Oc1cccc(C(=O)N[C@@H](C)[C@H]2CCCO2)c1. The summed E-state index contributed by atoms with van der Waals surface area (Å²) in [6.45, 7) is 6.71. The van der Waals surface area contributed by atoms with E-state index in [1.54, 1.807) is 12.1 Å². The van der Waals surface area contributed by atoms with Gasteiger partial charge in [0, 0.05) is 12.2 Å². The van der Waals surface area contributed by atoms with Crippen LogP contribution >= 0.6 is 0 Å². The Morgan fingerprint density at radius 3 is 2.85 bits per heavy atom. The maximum Gasteiger partial charge on any atom is 0.251 e. The van der Waals surface area contributed by atoms with E-state index in [0.717, 1.165) is 25.2 Å². The lowest BCUT2D eigenvalue weighted by molar-refractivity contribution is 0.0712. The summed E-state index contributed by atoms with van der Waals surface area (Å²) < 4.78 is 11.2. The standard InChI is InChI=1S/C16H23NO3/c1-11(2)20-14-7-4-6-13(10-14)16(18)17-12(3)15-8-5-9-19-15/h4,6-7,10-12,15H,5,8-9H2,1-3H3,(H,17,18)/t12-,15+/m0/s1. The van der Waals surface area contributed by atoms with Crippen LogP contribution in [0.4, 0.5) is 0 Å². The molecule has 1 aromatic rings. The highest BCUT2D eigenvalue weighted by Gasteiger charge is 2.24. The first-order valence-corrected chi connectivity index (χ1v) is 7.25. The van der Waals surface area contributed by atoms with Crippen molar-refractivity contribution in [3.05, 3.63) is 29.8 Å². The van der Waals surface area contributed by atoms with Gasteiger partial charge in [0.15, 0.2) is 0 Å². The van der Waals surface area contributed by atoms with Crippen molar-refractivity contribution in [1.82, 2.24) is 5.32 Å². The Kier molecular flexibility index (Phi) is 5.01. The van der Waals surface area contributed by atoms with Gasteiger partial charge in [0.05, 0.1) is 18.2 Å².